The van der Waals surface area contributed by atoms with E-state index in [-0.39, 0.29) is 25.3 Å². The van der Waals surface area contributed by atoms with Crippen LogP contribution in [0.4, 0.5) is 11.4 Å². The smallest absolute Gasteiger partial charge is 0.306 e. The molecule has 0 fully saturated rings. The predicted molar refractivity (Wildman–Crippen MR) is 133 cm³/mol. The molecule has 9 heteroatoms. The molecule has 0 spiro atoms. The number of nitrogens with zero attached hydrogens (tertiary/aromatic N) is 1. The van der Waals surface area contributed by atoms with Gasteiger partial charge in [-0.25, -0.2) is 0 Å². The van der Waals surface area contributed by atoms with Crippen LogP contribution in [0.5, 0.6) is 0 Å². The first-order valence-electron chi connectivity index (χ1n) is 11.5. The zero-order chi connectivity index (χ0) is 25.8. The third-order valence-electron chi connectivity index (χ3n) is 5.77. The summed E-state index contributed by atoms with van der Waals surface area (Å²) in [6.07, 6.45) is -0.908. The summed E-state index contributed by atoms with van der Waals surface area (Å²) in [5.74, 6) is -2.12. The Bertz CT molecular complexity index is 1310. The number of esters is 1. The van der Waals surface area contributed by atoms with Crippen LogP contribution in [0.25, 0.3) is 10.8 Å². The highest BCUT2D eigenvalue weighted by molar-refractivity contribution is 6.25. The zero-order valence-electron chi connectivity index (χ0n) is 19.9. The van der Waals surface area contributed by atoms with Crippen LogP contribution in [-0.4, -0.2) is 47.1 Å². The fourth-order valence-corrected chi connectivity index (χ4v) is 4.06. The molecule has 36 heavy (non-hydrogen) atoms. The van der Waals surface area contributed by atoms with E-state index < -0.39 is 29.8 Å². The van der Waals surface area contributed by atoms with Gasteiger partial charge in [-0.1, -0.05) is 24.3 Å². The molecule has 1 atom stereocenters. The van der Waals surface area contributed by atoms with Crippen LogP contribution in [-0.2, 0) is 19.1 Å². The molecule has 1 aliphatic heterocycles. The van der Waals surface area contributed by atoms with Crippen LogP contribution in [0, 0.1) is 0 Å². The van der Waals surface area contributed by atoms with Gasteiger partial charge in [0.2, 0.25) is 5.91 Å². The van der Waals surface area contributed by atoms with Gasteiger partial charge in [0, 0.05) is 47.8 Å². The molecule has 9 nitrogen and oxygen atoms in total. The third kappa shape index (κ3) is 5.25. The Balaban J connectivity index is 1.28. The van der Waals surface area contributed by atoms with Crippen molar-refractivity contribution >= 4 is 51.7 Å². The Morgan fingerprint density at radius 3 is 1.97 bits per heavy atom. The Kier molecular flexibility index (Phi) is 7.10. The van der Waals surface area contributed by atoms with E-state index in [1.807, 2.05) is 12.1 Å². The number of carbonyl (C=O) groups is 5. The second kappa shape index (κ2) is 10.4. The summed E-state index contributed by atoms with van der Waals surface area (Å²) in [6, 6.07) is 17.1. The van der Waals surface area contributed by atoms with Crippen molar-refractivity contribution in [1.29, 1.82) is 0 Å². The summed E-state index contributed by atoms with van der Waals surface area (Å²) in [5.41, 5.74) is 1.99. The van der Waals surface area contributed by atoms with Gasteiger partial charge in [-0.2, -0.15) is 0 Å². The molecule has 3 aromatic rings. The molecule has 0 saturated heterocycles. The van der Waals surface area contributed by atoms with Gasteiger partial charge in [0.25, 0.3) is 17.7 Å². The Morgan fingerprint density at radius 1 is 0.861 bits per heavy atom. The van der Waals surface area contributed by atoms with Crippen molar-refractivity contribution in [3.63, 3.8) is 0 Å². The second-order valence-corrected chi connectivity index (χ2v) is 8.45. The lowest BCUT2D eigenvalue weighted by Crippen LogP contribution is -2.41. The lowest BCUT2D eigenvalue weighted by molar-refractivity contribution is -0.153. The predicted octanol–water partition coefficient (Wildman–Crippen LogP) is 3.74. The summed E-state index contributed by atoms with van der Waals surface area (Å²) in [5, 5.41) is 6.74. The van der Waals surface area contributed by atoms with Gasteiger partial charge >= 0.3 is 5.97 Å². The summed E-state index contributed by atoms with van der Waals surface area (Å²) in [7, 11) is 0. The van der Waals surface area contributed by atoms with Gasteiger partial charge in [0.1, 0.15) is 0 Å². The number of hydrogen-bond acceptors (Lipinski definition) is 6. The van der Waals surface area contributed by atoms with E-state index >= 15 is 0 Å². The number of nitrogens with one attached hydrogen (secondary N) is 2. The third-order valence-corrected chi connectivity index (χ3v) is 5.77. The Morgan fingerprint density at radius 2 is 1.42 bits per heavy atom. The molecular weight excluding hydrogens is 462 g/mol. The molecule has 0 aliphatic carbocycles. The first-order valence-corrected chi connectivity index (χ1v) is 11.5. The van der Waals surface area contributed by atoms with Crippen LogP contribution in [0.2, 0.25) is 0 Å². The highest BCUT2D eigenvalue weighted by atomic mass is 16.5. The van der Waals surface area contributed by atoms with Crippen molar-refractivity contribution in [2.75, 3.05) is 17.2 Å². The van der Waals surface area contributed by atoms with Gasteiger partial charge in [-0.3, -0.25) is 28.9 Å². The SMILES string of the molecule is CC(=O)Nc1ccc(NC(=O)[C@H](C)OC(=O)CCCN2C(=O)c3cccc4cccc(c34)C2=O)cc1. The van der Waals surface area contributed by atoms with Crippen molar-refractivity contribution in [2.24, 2.45) is 0 Å². The molecule has 4 rings (SSSR count). The standard InChI is InChI=1S/C27H25N3O6/c1-16(25(33)29-20-13-11-19(12-14-20)28-17(2)31)36-23(32)10-5-15-30-26(34)21-8-3-6-18-7-4-9-22(24(18)21)27(30)35/h3-4,6-9,11-14,16H,5,10,15H2,1-2H3,(H,28,31)(H,29,33)/t16-/m0/s1. The molecule has 0 saturated carbocycles. The molecule has 1 heterocycles. The van der Waals surface area contributed by atoms with Gasteiger partial charge in [-0.05, 0) is 55.1 Å². The van der Waals surface area contributed by atoms with E-state index in [0.717, 1.165) is 10.3 Å². The van der Waals surface area contributed by atoms with E-state index in [2.05, 4.69) is 10.6 Å². The highest BCUT2D eigenvalue weighted by Crippen LogP contribution is 2.30. The minimum atomic E-state index is -1.05. The lowest BCUT2D eigenvalue weighted by Gasteiger charge is -2.27. The number of amides is 4. The highest BCUT2D eigenvalue weighted by Gasteiger charge is 2.32. The van der Waals surface area contributed by atoms with Crippen molar-refractivity contribution in [2.45, 2.75) is 32.8 Å². The molecular formula is C27H25N3O6. The topological polar surface area (TPSA) is 122 Å². The fourth-order valence-electron chi connectivity index (χ4n) is 4.06. The van der Waals surface area contributed by atoms with Crippen molar-refractivity contribution in [3.05, 3.63) is 71.8 Å². The molecule has 3 aromatic carbocycles. The van der Waals surface area contributed by atoms with Crippen LogP contribution >= 0.6 is 0 Å². The first kappa shape index (κ1) is 24.6. The minimum absolute atomic E-state index is 0.0543. The molecule has 0 unspecified atom stereocenters. The quantitative estimate of drug-likeness (QED) is 0.369. The maximum absolute atomic E-state index is 12.9. The number of benzene rings is 3. The Labute approximate surface area is 207 Å². The largest absolute Gasteiger partial charge is 0.453 e. The molecule has 1 aliphatic rings. The number of ether oxygens (including phenoxy) is 1. The van der Waals surface area contributed by atoms with Crippen LogP contribution < -0.4 is 10.6 Å². The number of anilines is 2. The summed E-state index contributed by atoms with van der Waals surface area (Å²) >= 11 is 0. The molecule has 4 amide bonds. The van der Waals surface area contributed by atoms with E-state index in [4.69, 9.17) is 4.74 Å². The summed E-state index contributed by atoms with van der Waals surface area (Å²) < 4.78 is 5.21. The monoisotopic (exact) mass is 487 g/mol. The molecule has 184 valence electrons. The Hall–Kier alpha value is -4.53. The normalized spacial score (nSPS) is 13.3. The summed E-state index contributed by atoms with van der Waals surface area (Å²) in [4.78, 5) is 62.7. The van der Waals surface area contributed by atoms with Crippen molar-refractivity contribution < 1.29 is 28.7 Å². The van der Waals surface area contributed by atoms with Crippen molar-refractivity contribution in [3.8, 4) is 0 Å². The maximum Gasteiger partial charge on any atom is 0.306 e. The molecule has 0 aromatic heterocycles. The summed E-state index contributed by atoms with van der Waals surface area (Å²) in [6.45, 7) is 2.90. The number of rotatable bonds is 8. The fraction of sp³-hybridized carbons (Fsp3) is 0.222. The maximum atomic E-state index is 12.9. The van der Waals surface area contributed by atoms with Crippen LogP contribution in [0.3, 0.4) is 0 Å². The van der Waals surface area contributed by atoms with Crippen molar-refractivity contribution in [1.82, 2.24) is 4.90 Å². The van der Waals surface area contributed by atoms with E-state index in [9.17, 15) is 24.0 Å². The molecule has 2 N–H and O–H groups in total. The number of imide groups is 1. The van der Waals surface area contributed by atoms with Gasteiger partial charge in [0.15, 0.2) is 6.10 Å². The minimum Gasteiger partial charge on any atom is -0.453 e. The second-order valence-electron chi connectivity index (χ2n) is 8.45. The molecule has 0 bridgehead atoms. The lowest BCUT2D eigenvalue weighted by atomic mass is 9.94. The van der Waals surface area contributed by atoms with Gasteiger partial charge in [-0.15, -0.1) is 0 Å². The van der Waals surface area contributed by atoms with E-state index in [1.165, 1.54) is 13.8 Å². The zero-order valence-corrected chi connectivity index (χ0v) is 19.9. The van der Waals surface area contributed by atoms with E-state index in [1.54, 1.807) is 48.5 Å². The van der Waals surface area contributed by atoms with E-state index in [0.29, 0.717) is 27.9 Å². The first-order chi connectivity index (χ1) is 17.2. The van der Waals surface area contributed by atoms with Crippen LogP contribution in [0.1, 0.15) is 47.4 Å². The van der Waals surface area contributed by atoms with Gasteiger partial charge < -0.3 is 15.4 Å². The van der Waals surface area contributed by atoms with Gasteiger partial charge in [0.05, 0.1) is 0 Å². The number of hydrogen-bond donors (Lipinski definition) is 2. The molecule has 0 radical (unpaired) electrons. The number of carbonyl (C=O) groups excluding carboxylic acids is 5. The average Bonchev–Trinajstić information content (AvgIpc) is 2.85. The van der Waals surface area contributed by atoms with Crippen LogP contribution in [0.15, 0.2) is 60.7 Å². The average molecular weight is 488 g/mol.